The highest BCUT2D eigenvalue weighted by Crippen LogP contribution is 2.26. The standard InChI is InChI=1S/C12H10IN5O/c1-19-11-9-10(15-6-16-11)18(12(14)17-9)8-4-2-3-7(13)5-8/h2-6H,1H3,(H2,14,17). The van der Waals surface area contributed by atoms with Crippen molar-refractivity contribution < 1.29 is 4.74 Å². The maximum Gasteiger partial charge on any atom is 0.245 e. The second kappa shape index (κ2) is 4.65. The molecule has 0 atom stereocenters. The van der Waals surface area contributed by atoms with Crippen LogP contribution in [0, 0.1) is 3.57 Å². The molecule has 0 saturated carbocycles. The number of hydrogen-bond donors (Lipinski definition) is 1. The van der Waals surface area contributed by atoms with Gasteiger partial charge in [0.05, 0.1) is 12.8 Å². The predicted octanol–water partition coefficient (Wildman–Crippen LogP) is 2.01. The first-order chi connectivity index (χ1) is 9.20. The number of benzene rings is 1. The molecule has 0 unspecified atom stereocenters. The average Bonchev–Trinajstić information content (AvgIpc) is 2.74. The van der Waals surface area contributed by atoms with Crippen LogP contribution in [0.25, 0.3) is 16.9 Å². The third-order valence-electron chi connectivity index (χ3n) is 2.70. The average molecular weight is 367 g/mol. The lowest BCUT2D eigenvalue weighted by Crippen LogP contribution is -2.01. The summed E-state index contributed by atoms with van der Waals surface area (Å²) < 4.78 is 8.06. The van der Waals surface area contributed by atoms with Gasteiger partial charge < -0.3 is 10.5 Å². The van der Waals surface area contributed by atoms with Gasteiger partial charge in [0.25, 0.3) is 0 Å². The smallest absolute Gasteiger partial charge is 0.245 e. The van der Waals surface area contributed by atoms with E-state index in [9.17, 15) is 0 Å². The number of hydrogen-bond acceptors (Lipinski definition) is 5. The molecule has 3 aromatic rings. The van der Waals surface area contributed by atoms with Gasteiger partial charge in [0.15, 0.2) is 11.2 Å². The summed E-state index contributed by atoms with van der Waals surface area (Å²) in [4.78, 5) is 12.5. The molecule has 1 aromatic carbocycles. The van der Waals surface area contributed by atoms with E-state index in [0.29, 0.717) is 23.0 Å². The number of imidazole rings is 1. The van der Waals surface area contributed by atoms with Gasteiger partial charge in [-0.25, -0.2) is 9.97 Å². The topological polar surface area (TPSA) is 78.8 Å². The number of methoxy groups -OCH3 is 1. The number of rotatable bonds is 2. The van der Waals surface area contributed by atoms with Crippen molar-refractivity contribution >= 4 is 39.7 Å². The summed E-state index contributed by atoms with van der Waals surface area (Å²) in [7, 11) is 1.54. The van der Waals surface area contributed by atoms with E-state index >= 15 is 0 Å². The zero-order chi connectivity index (χ0) is 13.4. The first kappa shape index (κ1) is 12.2. The van der Waals surface area contributed by atoms with E-state index in [2.05, 4.69) is 37.5 Å². The van der Waals surface area contributed by atoms with Crippen molar-refractivity contribution in [3.8, 4) is 11.6 Å². The molecule has 19 heavy (non-hydrogen) atoms. The van der Waals surface area contributed by atoms with Crippen LogP contribution in [0.15, 0.2) is 30.6 Å². The van der Waals surface area contributed by atoms with E-state index in [1.54, 1.807) is 11.7 Å². The lowest BCUT2D eigenvalue weighted by molar-refractivity contribution is 0.401. The normalized spacial score (nSPS) is 10.8. The van der Waals surface area contributed by atoms with E-state index < -0.39 is 0 Å². The van der Waals surface area contributed by atoms with Crippen LogP contribution in [0.2, 0.25) is 0 Å². The van der Waals surface area contributed by atoms with E-state index in [1.165, 1.54) is 6.33 Å². The Balaban J connectivity index is 2.32. The van der Waals surface area contributed by atoms with Crippen LogP contribution in [-0.4, -0.2) is 26.6 Å². The zero-order valence-corrected chi connectivity index (χ0v) is 12.2. The van der Waals surface area contributed by atoms with Gasteiger partial charge in [0.2, 0.25) is 11.8 Å². The summed E-state index contributed by atoms with van der Waals surface area (Å²) in [5, 5.41) is 0. The van der Waals surface area contributed by atoms with Crippen molar-refractivity contribution in [3.05, 3.63) is 34.2 Å². The van der Waals surface area contributed by atoms with Gasteiger partial charge in [-0.05, 0) is 40.8 Å². The Labute approximate surface area is 122 Å². The first-order valence-electron chi connectivity index (χ1n) is 5.49. The highest BCUT2D eigenvalue weighted by Gasteiger charge is 2.15. The second-order valence-corrected chi connectivity index (χ2v) is 5.09. The Morgan fingerprint density at radius 3 is 2.89 bits per heavy atom. The molecule has 3 rings (SSSR count). The number of anilines is 1. The molecule has 96 valence electrons. The molecule has 0 radical (unpaired) electrons. The molecule has 0 aliphatic heterocycles. The molecule has 0 aliphatic carbocycles. The number of fused-ring (bicyclic) bond motifs is 1. The van der Waals surface area contributed by atoms with Crippen molar-refractivity contribution in [2.45, 2.75) is 0 Å². The minimum Gasteiger partial charge on any atom is -0.479 e. The quantitative estimate of drug-likeness (QED) is 0.701. The molecule has 2 heterocycles. The number of nitrogen functional groups attached to an aromatic ring is 1. The molecular formula is C12H10IN5O. The SMILES string of the molecule is COc1ncnc2c1nc(N)n2-c1cccc(I)c1. The molecule has 2 aromatic heterocycles. The van der Waals surface area contributed by atoms with Gasteiger partial charge in [-0.3, -0.25) is 4.57 Å². The minimum atomic E-state index is 0.357. The molecular weight excluding hydrogens is 357 g/mol. The Hall–Kier alpha value is -1.90. The highest BCUT2D eigenvalue weighted by atomic mass is 127. The second-order valence-electron chi connectivity index (χ2n) is 3.84. The maximum atomic E-state index is 5.99. The predicted molar refractivity (Wildman–Crippen MR) is 80.3 cm³/mol. The Bertz CT molecular complexity index is 755. The Morgan fingerprint density at radius 2 is 2.16 bits per heavy atom. The van der Waals surface area contributed by atoms with Crippen LogP contribution in [0.1, 0.15) is 0 Å². The van der Waals surface area contributed by atoms with Crippen molar-refractivity contribution in [3.63, 3.8) is 0 Å². The first-order valence-corrected chi connectivity index (χ1v) is 6.57. The molecule has 0 bridgehead atoms. The van der Waals surface area contributed by atoms with E-state index in [-0.39, 0.29) is 0 Å². The molecule has 0 spiro atoms. The number of ether oxygens (including phenoxy) is 1. The summed E-state index contributed by atoms with van der Waals surface area (Å²) in [6, 6.07) is 7.93. The molecule has 2 N–H and O–H groups in total. The number of nitrogens with zero attached hydrogens (tertiary/aromatic N) is 4. The van der Waals surface area contributed by atoms with E-state index in [4.69, 9.17) is 10.5 Å². The molecule has 0 fully saturated rings. The van der Waals surface area contributed by atoms with Crippen LogP contribution in [-0.2, 0) is 0 Å². The molecule has 0 saturated heterocycles. The van der Waals surface area contributed by atoms with Crippen LogP contribution >= 0.6 is 22.6 Å². The minimum absolute atomic E-state index is 0.357. The van der Waals surface area contributed by atoms with Gasteiger partial charge in [-0.1, -0.05) is 6.07 Å². The Kier molecular flexibility index (Phi) is 2.97. The van der Waals surface area contributed by atoms with Crippen molar-refractivity contribution in [2.24, 2.45) is 0 Å². The third-order valence-corrected chi connectivity index (χ3v) is 3.37. The maximum absolute atomic E-state index is 5.99. The molecule has 6 nitrogen and oxygen atoms in total. The summed E-state index contributed by atoms with van der Waals surface area (Å²) in [6.07, 6.45) is 1.44. The van der Waals surface area contributed by atoms with E-state index in [1.807, 2.05) is 24.3 Å². The van der Waals surface area contributed by atoms with Crippen LogP contribution in [0.4, 0.5) is 5.95 Å². The van der Waals surface area contributed by atoms with Crippen molar-refractivity contribution in [1.82, 2.24) is 19.5 Å². The van der Waals surface area contributed by atoms with Crippen LogP contribution in [0.3, 0.4) is 0 Å². The Morgan fingerprint density at radius 1 is 1.32 bits per heavy atom. The van der Waals surface area contributed by atoms with E-state index in [0.717, 1.165) is 9.26 Å². The summed E-state index contributed by atoms with van der Waals surface area (Å²) in [6.45, 7) is 0. The summed E-state index contributed by atoms with van der Waals surface area (Å²) in [5.41, 5.74) is 8.08. The molecule has 7 heteroatoms. The van der Waals surface area contributed by atoms with Crippen LogP contribution < -0.4 is 10.5 Å². The van der Waals surface area contributed by atoms with Gasteiger partial charge in [-0.2, -0.15) is 4.98 Å². The van der Waals surface area contributed by atoms with Crippen LogP contribution in [0.5, 0.6) is 5.88 Å². The summed E-state index contributed by atoms with van der Waals surface area (Å²) in [5.74, 6) is 0.775. The highest BCUT2D eigenvalue weighted by molar-refractivity contribution is 14.1. The molecule has 0 aliphatic rings. The monoisotopic (exact) mass is 367 g/mol. The number of aromatic nitrogens is 4. The largest absolute Gasteiger partial charge is 0.479 e. The number of halogens is 1. The number of nitrogens with two attached hydrogens (primary N) is 1. The fourth-order valence-corrected chi connectivity index (χ4v) is 2.43. The van der Waals surface area contributed by atoms with Gasteiger partial charge in [-0.15, -0.1) is 0 Å². The zero-order valence-electron chi connectivity index (χ0n) is 10.0. The lowest BCUT2D eigenvalue weighted by Gasteiger charge is -2.06. The van der Waals surface area contributed by atoms with Crippen molar-refractivity contribution in [2.75, 3.05) is 12.8 Å². The van der Waals surface area contributed by atoms with Gasteiger partial charge in [0.1, 0.15) is 6.33 Å². The third kappa shape index (κ3) is 1.99. The lowest BCUT2D eigenvalue weighted by atomic mass is 10.3. The summed E-state index contributed by atoms with van der Waals surface area (Å²) >= 11 is 2.25. The fraction of sp³-hybridized carbons (Fsp3) is 0.0833. The van der Waals surface area contributed by atoms with Crippen molar-refractivity contribution in [1.29, 1.82) is 0 Å². The molecule has 0 amide bonds. The van der Waals surface area contributed by atoms with Gasteiger partial charge in [0, 0.05) is 3.57 Å². The fourth-order valence-electron chi connectivity index (χ4n) is 1.91. The van der Waals surface area contributed by atoms with Gasteiger partial charge >= 0.3 is 0 Å².